The van der Waals surface area contributed by atoms with Crippen LogP contribution in [-0.2, 0) is 12.6 Å². The molecule has 0 amide bonds. The van der Waals surface area contributed by atoms with Crippen LogP contribution in [0.2, 0.25) is 0 Å². The van der Waals surface area contributed by atoms with Gasteiger partial charge in [-0.3, -0.25) is 0 Å². The first-order chi connectivity index (χ1) is 6.04. The summed E-state index contributed by atoms with van der Waals surface area (Å²) in [6, 6.07) is 5.06. The first kappa shape index (κ1) is 10.1. The van der Waals surface area contributed by atoms with Gasteiger partial charge in [0.05, 0.1) is 5.56 Å². The van der Waals surface area contributed by atoms with Crippen molar-refractivity contribution < 1.29 is 13.2 Å². The maximum absolute atomic E-state index is 12.1. The SMILES string of the molecule is [CH]CCc1ccc(C(F)(F)F)cc1. The van der Waals surface area contributed by atoms with Gasteiger partial charge < -0.3 is 0 Å². The van der Waals surface area contributed by atoms with Gasteiger partial charge in [-0.2, -0.15) is 13.2 Å². The van der Waals surface area contributed by atoms with Crippen LogP contribution in [0.5, 0.6) is 0 Å². The van der Waals surface area contributed by atoms with Crippen molar-refractivity contribution in [2.45, 2.75) is 19.0 Å². The van der Waals surface area contributed by atoms with Crippen molar-refractivity contribution >= 4 is 0 Å². The zero-order valence-electron chi connectivity index (χ0n) is 6.93. The number of hydrogen-bond acceptors (Lipinski definition) is 0. The van der Waals surface area contributed by atoms with Gasteiger partial charge in [-0.15, -0.1) is 0 Å². The standard InChI is InChI=1S/C10H9F3/c1-2-3-8-4-6-9(7-5-8)10(11,12)13/h1,4-7H,2-3H2. The number of aryl methyl sites for hydroxylation is 1. The molecule has 0 saturated carbocycles. The third-order valence-corrected chi connectivity index (χ3v) is 1.71. The van der Waals surface area contributed by atoms with E-state index in [4.69, 9.17) is 6.92 Å². The minimum atomic E-state index is -4.25. The summed E-state index contributed by atoms with van der Waals surface area (Å²) in [6.45, 7) is 5.26. The Hall–Kier alpha value is -0.990. The fourth-order valence-electron chi connectivity index (χ4n) is 1.03. The molecular formula is C10H9F3. The van der Waals surface area contributed by atoms with Crippen molar-refractivity contribution in [2.24, 2.45) is 0 Å². The zero-order chi connectivity index (χ0) is 9.90. The smallest absolute Gasteiger partial charge is 0.166 e. The van der Waals surface area contributed by atoms with E-state index in [0.717, 1.165) is 17.7 Å². The lowest BCUT2D eigenvalue weighted by atomic mass is 10.1. The van der Waals surface area contributed by atoms with Crippen molar-refractivity contribution in [1.29, 1.82) is 0 Å². The summed E-state index contributed by atoms with van der Waals surface area (Å²) in [5.74, 6) is 0. The van der Waals surface area contributed by atoms with E-state index in [0.29, 0.717) is 12.8 Å². The maximum atomic E-state index is 12.1. The molecule has 0 unspecified atom stereocenters. The Balaban J connectivity index is 2.81. The Labute approximate surface area is 75.4 Å². The molecule has 0 fully saturated rings. The lowest BCUT2D eigenvalue weighted by molar-refractivity contribution is -0.137. The van der Waals surface area contributed by atoms with Gasteiger partial charge in [-0.1, -0.05) is 12.1 Å². The highest BCUT2D eigenvalue weighted by atomic mass is 19.4. The minimum absolute atomic E-state index is 0.450. The van der Waals surface area contributed by atoms with E-state index < -0.39 is 11.7 Å². The summed E-state index contributed by atoms with van der Waals surface area (Å²) >= 11 is 0. The molecule has 0 spiro atoms. The van der Waals surface area contributed by atoms with Crippen molar-refractivity contribution in [2.75, 3.05) is 0 Å². The van der Waals surface area contributed by atoms with Crippen molar-refractivity contribution in [3.63, 3.8) is 0 Å². The summed E-state index contributed by atoms with van der Waals surface area (Å²) in [5, 5.41) is 0. The quantitative estimate of drug-likeness (QED) is 0.664. The van der Waals surface area contributed by atoms with Gasteiger partial charge in [0.15, 0.2) is 0 Å². The molecule has 0 atom stereocenters. The Bertz CT molecular complexity index is 258. The second kappa shape index (κ2) is 3.81. The van der Waals surface area contributed by atoms with E-state index in [-0.39, 0.29) is 0 Å². The maximum Gasteiger partial charge on any atom is 0.416 e. The van der Waals surface area contributed by atoms with Gasteiger partial charge in [0.25, 0.3) is 0 Å². The average Bonchev–Trinajstić information content (AvgIpc) is 2.04. The largest absolute Gasteiger partial charge is 0.416 e. The van der Waals surface area contributed by atoms with Crippen LogP contribution in [0.1, 0.15) is 17.5 Å². The summed E-state index contributed by atoms with van der Waals surface area (Å²) in [4.78, 5) is 0. The molecule has 0 bridgehead atoms. The highest BCUT2D eigenvalue weighted by Crippen LogP contribution is 2.29. The van der Waals surface area contributed by atoms with Gasteiger partial charge in [-0.05, 0) is 37.5 Å². The monoisotopic (exact) mass is 186 g/mol. The summed E-state index contributed by atoms with van der Waals surface area (Å²) < 4.78 is 36.2. The Kier molecular flexibility index (Phi) is 2.96. The van der Waals surface area contributed by atoms with E-state index in [1.807, 2.05) is 0 Å². The molecule has 70 valence electrons. The molecule has 0 heterocycles. The summed E-state index contributed by atoms with van der Waals surface area (Å²) in [7, 11) is 0. The summed E-state index contributed by atoms with van der Waals surface area (Å²) in [5.41, 5.74) is 0.212. The van der Waals surface area contributed by atoms with Gasteiger partial charge >= 0.3 is 6.18 Å². The molecule has 0 aliphatic heterocycles. The van der Waals surface area contributed by atoms with Crippen LogP contribution >= 0.6 is 0 Å². The number of rotatable bonds is 2. The van der Waals surface area contributed by atoms with E-state index in [1.165, 1.54) is 12.1 Å². The molecule has 0 N–H and O–H groups in total. The lowest BCUT2D eigenvalue weighted by Crippen LogP contribution is -2.04. The average molecular weight is 186 g/mol. The molecule has 1 rings (SSSR count). The van der Waals surface area contributed by atoms with Crippen LogP contribution in [0.4, 0.5) is 13.2 Å². The highest BCUT2D eigenvalue weighted by Gasteiger charge is 2.29. The molecule has 0 aromatic heterocycles. The Morgan fingerprint density at radius 1 is 1.08 bits per heavy atom. The summed E-state index contributed by atoms with van der Waals surface area (Å²) in [6.07, 6.45) is -3.19. The van der Waals surface area contributed by atoms with Gasteiger partial charge in [-0.25, -0.2) is 0 Å². The Morgan fingerprint density at radius 2 is 1.62 bits per heavy atom. The number of alkyl halides is 3. The van der Waals surface area contributed by atoms with Gasteiger partial charge in [0.2, 0.25) is 0 Å². The van der Waals surface area contributed by atoms with Crippen molar-refractivity contribution in [1.82, 2.24) is 0 Å². The predicted octanol–water partition coefficient (Wildman–Crippen LogP) is 3.35. The number of halogens is 3. The number of hydrogen-bond donors (Lipinski definition) is 0. The third kappa shape index (κ3) is 2.76. The molecule has 2 radical (unpaired) electrons. The topological polar surface area (TPSA) is 0 Å². The third-order valence-electron chi connectivity index (χ3n) is 1.71. The van der Waals surface area contributed by atoms with Crippen LogP contribution in [-0.4, -0.2) is 0 Å². The molecule has 0 aliphatic carbocycles. The van der Waals surface area contributed by atoms with Crippen LogP contribution < -0.4 is 0 Å². The normalized spacial score (nSPS) is 11.7. The molecular weight excluding hydrogens is 177 g/mol. The predicted molar refractivity (Wildman–Crippen MR) is 44.1 cm³/mol. The van der Waals surface area contributed by atoms with Crippen LogP contribution in [0, 0.1) is 6.92 Å². The van der Waals surface area contributed by atoms with Crippen molar-refractivity contribution in [3.05, 3.63) is 42.3 Å². The first-order valence-corrected chi connectivity index (χ1v) is 3.90. The van der Waals surface area contributed by atoms with E-state index in [1.54, 1.807) is 0 Å². The van der Waals surface area contributed by atoms with E-state index >= 15 is 0 Å². The van der Waals surface area contributed by atoms with E-state index in [2.05, 4.69) is 0 Å². The first-order valence-electron chi connectivity index (χ1n) is 3.90. The van der Waals surface area contributed by atoms with Gasteiger partial charge in [0.1, 0.15) is 0 Å². The second-order valence-corrected chi connectivity index (χ2v) is 2.73. The van der Waals surface area contributed by atoms with Crippen LogP contribution in [0.3, 0.4) is 0 Å². The highest BCUT2D eigenvalue weighted by molar-refractivity contribution is 5.24. The molecule has 0 nitrogen and oxygen atoms in total. The number of benzene rings is 1. The Morgan fingerprint density at radius 3 is 2.00 bits per heavy atom. The molecule has 13 heavy (non-hydrogen) atoms. The zero-order valence-corrected chi connectivity index (χ0v) is 6.93. The molecule has 1 aromatic carbocycles. The fraction of sp³-hybridized carbons (Fsp3) is 0.300. The molecule has 0 aliphatic rings. The lowest BCUT2D eigenvalue weighted by Gasteiger charge is -2.06. The molecule has 3 heteroatoms. The minimum Gasteiger partial charge on any atom is -0.166 e. The fourth-order valence-corrected chi connectivity index (χ4v) is 1.03. The van der Waals surface area contributed by atoms with Crippen molar-refractivity contribution in [3.8, 4) is 0 Å². The second-order valence-electron chi connectivity index (χ2n) is 2.73. The van der Waals surface area contributed by atoms with E-state index in [9.17, 15) is 13.2 Å². The van der Waals surface area contributed by atoms with Gasteiger partial charge in [0, 0.05) is 0 Å². The molecule has 0 saturated heterocycles. The molecule has 1 aromatic rings. The van der Waals surface area contributed by atoms with Crippen LogP contribution in [0.15, 0.2) is 24.3 Å². The van der Waals surface area contributed by atoms with Crippen LogP contribution in [0.25, 0.3) is 0 Å².